The van der Waals surface area contributed by atoms with Crippen LogP contribution in [0, 0.1) is 5.82 Å². The highest BCUT2D eigenvalue weighted by atomic mass is 79.9. The van der Waals surface area contributed by atoms with E-state index in [9.17, 15) is 14.3 Å². The fraction of sp³-hybridized carbons (Fsp3) is 0.333. The minimum Gasteiger partial charge on any atom is -0.393 e. The first kappa shape index (κ1) is 22.7. The summed E-state index contributed by atoms with van der Waals surface area (Å²) in [4.78, 5) is 12.4. The average Bonchev–Trinajstić information content (AvgIpc) is 2.72. The number of amides is 1. The number of carbonyl (C=O) groups is 1. The Morgan fingerprint density at radius 1 is 1.33 bits per heavy atom. The van der Waals surface area contributed by atoms with Crippen molar-refractivity contribution in [1.29, 1.82) is 0 Å². The summed E-state index contributed by atoms with van der Waals surface area (Å²) >= 11 is 8.53. The molecule has 0 aliphatic carbocycles. The zero-order chi connectivity index (χ0) is 21.9. The van der Waals surface area contributed by atoms with E-state index in [1.54, 1.807) is 37.3 Å². The summed E-state index contributed by atoms with van der Waals surface area (Å²) < 4.78 is 37.2. The minimum atomic E-state index is -2.31. The molecule has 0 saturated carbocycles. The summed E-state index contributed by atoms with van der Waals surface area (Å²) in [7, 11) is 0. The van der Waals surface area contributed by atoms with Crippen molar-refractivity contribution < 1.29 is 23.4 Å². The number of rotatable bonds is 4. The Kier molecular flexibility index (Phi) is 6.86. The van der Waals surface area contributed by atoms with Crippen LogP contribution in [0.15, 0.2) is 53.0 Å². The van der Waals surface area contributed by atoms with Gasteiger partial charge < -0.3 is 15.2 Å². The van der Waals surface area contributed by atoms with E-state index in [1.807, 2.05) is 0 Å². The third kappa shape index (κ3) is 4.39. The summed E-state index contributed by atoms with van der Waals surface area (Å²) in [6.45, 7) is 0.468. The van der Waals surface area contributed by atoms with E-state index in [0.29, 0.717) is 10.0 Å². The maximum absolute atomic E-state index is 16.1. The van der Waals surface area contributed by atoms with Crippen LogP contribution in [0.3, 0.4) is 0 Å². The summed E-state index contributed by atoms with van der Waals surface area (Å²) in [6.07, 6.45) is -0.697. The molecule has 2 aromatic carbocycles. The zero-order valence-corrected chi connectivity index (χ0v) is 18.5. The van der Waals surface area contributed by atoms with Crippen LogP contribution in [0.4, 0.5) is 8.78 Å². The maximum atomic E-state index is 16.1. The van der Waals surface area contributed by atoms with Gasteiger partial charge in [-0.2, -0.15) is 0 Å². The van der Waals surface area contributed by atoms with Gasteiger partial charge in [-0.15, -0.1) is 0 Å². The maximum Gasteiger partial charge on any atom is 0.257 e. The van der Waals surface area contributed by atoms with Gasteiger partial charge >= 0.3 is 0 Å². The molecule has 0 spiro atoms. The number of hydrogen-bond donors (Lipinski definition) is 3. The molecule has 5 nitrogen and oxygen atoms in total. The lowest BCUT2D eigenvalue weighted by Crippen LogP contribution is -2.69. The number of hydrogen-bond acceptors (Lipinski definition) is 4. The van der Waals surface area contributed by atoms with Gasteiger partial charge in [0.15, 0.2) is 10.8 Å². The van der Waals surface area contributed by atoms with Crippen molar-refractivity contribution in [2.24, 2.45) is 0 Å². The molecule has 30 heavy (non-hydrogen) atoms. The van der Waals surface area contributed by atoms with E-state index in [0.717, 1.165) is 0 Å². The number of alkyl halides is 1. The van der Waals surface area contributed by atoms with Crippen LogP contribution in [0.5, 0.6) is 0 Å². The second kappa shape index (κ2) is 9.05. The third-order valence-electron chi connectivity index (χ3n) is 5.19. The Hall–Kier alpha value is -1.94. The number of carbonyl (C=O) groups excluding carboxylic acids is 1. The SMILES string of the molecule is C[C@H]1C[C@@](F)(CO)[C@](NC(=S)NC(=O)c2ccccc2)(c2cc(Br)ccc2F)CO1. The summed E-state index contributed by atoms with van der Waals surface area (Å²) in [5.74, 6) is -1.20. The molecule has 1 saturated heterocycles. The first-order valence-corrected chi connectivity index (χ1v) is 10.5. The van der Waals surface area contributed by atoms with Crippen molar-refractivity contribution in [3.05, 3.63) is 69.9 Å². The van der Waals surface area contributed by atoms with E-state index in [4.69, 9.17) is 17.0 Å². The molecular weight excluding hydrogens is 478 g/mol. The fourth-order valence-corrected chi connectivity index (χ4v) is 4.26. The highest BCUT2D eigenvalue weighted by Gasteiger charge is 2.58. The van der Waals surface area contributed by atoms with E-state index in [2.05, 4.69) is 26.6 Å². The normalized spacial score (nSPS) is 26.1. The first-order valence-electron chi connectivity index (χ1n) is 9.26. The van der Waals surface area contributed by atoms with Gasteiger partial charge in [0.05, 0.1) is 19.3 Å². The lowest BCUT2D eigenvalue weighted by molar-refractivity contribution is -0.143. The lowest BCUT2D eigenvalue weighted by atomic mass is 9.72. The molecular formula is C21H21BrF2N2O3S. The Morgan fingerprint density at radius 2 is 2.03 bits per heavy atom. The van der Waals surface area contributed by atoms with Crippen LogP contribution in [-0.2, 0) is 10.3 Å². The molecule has 1 fully saturated rings. The van der Waals surface area contributed by atoms with Gasteiger partial charge in [-0.25, -0.2) is 8.78 Å². The smallest absolute Gasteiger partial charge is 0.257 e. The quantitative estimate of drug-likeness (QED) is 0.561. The number of aliphatic hydroxyl groups excluding tert-OH is 1. The summed E-state index contributed by atoms with van der Waals surface area (Å²) in [6, 6.07) is 12.4. The molecule has 9 heteroatoms. The van der Waals surface area contributed by atoms with Crippen molar-refractivity contribution in [2.45, 2.75) is 30.7 Å². The van der Waals surface area contributed by atoms with Gasteiger partial charge in [0.2, 0.25) is 0 Å². The second-order valence-electron chi connectivity index (χ2n) is 7.25. The molecule has 0 unspecified atom stereocenters. The molecule has 0 bridgehead atoms. The Bertz CT molecular complexity index is 949. The van der Waals surface area contributed by atoms with E-state index in [-0.39, 0.29) is 23.7 Å². The zero-order valence-electron chi connectivity index (χ0n) is 16.1. The predicted molar refractivity (Wildman–Crippen MR) is 116 cm³/mol. The lowest BCUT2D eigenvalue weighted by Gasteiger charge is -2.50. The van der Waals surface area contributed by atoms with E-state index in [1.165, 1.54) is 18.2 Å². The number of ether oxygens (including phenoxy) is 1. The van der Waals surface area contributed by atoms with Gasteiger partial charge in [-0.3, -0.25) is 10.1 Å². The van der Waals surface area contributed by atoms with Crippen LogP contribution in [-0.4, -0.2) is 41.1 Å². The van der Waals surface area contributed by atoms with Gasteiger partial charge in [-0.05, 0) is 49.5 Å². The van der Waals surface area contributed by atoms with E-state index >= 15 is 4.39 Å². The Morgan fingerprint density at radius 3 is 2.70 bits per heavy atom. The highest BCUT2D eigenvalue weighted by molar-refractivity contribution is 9.10. The van der Waals surface area contributed by atoms with Crippen molar-refractivity contribution in [3.8, 4) is 0 Å². The molecule has 0 aromatic heterocycles. The molecule has 1 heterocycles. The van der Waals surface area contributed by atoms with Crippen molar-refractivity contribution in [1.82, 2.24) is 10.6 Å². The number of benzene rings is 2. The largest absolute Gasteiger partial charge is 0.393 e. The van der Waals surface area contributed by atoms with Crippen LogP contribution in [0.1, 0.15) is 29.3 Å². The minimum absolute atomic E-state index is 0.0726. The van der Waals surface area contributed by atoms with E-state index < -0.39 is 35.6 Å². The fourth-order valence-electron chi connectivity index (χ4n) is 3.63. The molecule has 1 aliphatic heterocycles. The van der Waals surface area contributed by atoms with Crippen LogP contribution < -0.4 is 10.6 Å². The van der Waals surface area contributed by atoms with Gasteiger partial charge in [-0.1, -0.05) is 34.1 Å². The standard InChI is InChI=1S/C21H21BrF2N2O3S/c1-13-10-20(24,11-27)21(12-29-13,16-9-15(22)7-8-17(16)23)26-19(30)25-18(28)14-5-3-2-4-6-14/h2-9,13,27H,10-12H2,1H3,(H2,25,26,28,30)/t13-,20+,21+/m0/s1. The van der Waals surface area contributed by atoms with Crippen LogP contribution in [0.25, 0.3) is 0 Å². The summed E-state index contributed by atoms with van der Waals surface area (Å²) in [5.41, 5.74) is -3.89. The van der Waals surface area contributed by atoms with Gasteiger partial charge in [0.25, 0.3) is 5.91 Å². The van der Waals surface area contributed by atoms with Crippen LogP contribution >= 0.6 is 28.1 Å². The van der Waals surface area contributed by atoms with Crippen LogP contribution in [0.2, 0.25) is 0 Å². The first-order chi connectivity index (χ1) is 14.2. The van der Waals surface area contributed by atoms with Crippen molar-refractivity contribution in [2.75, 3.05) is 13.2 Å². The molecule has 1 amide bonds. The highest BCUT2D eigenvalue weighted by Crippen LogP contribution is 2.45. The summed E-state index contributed by atoms with van der Waals surface area (Å²) in [5, 5.41) is 15.0. The Labute approximate surface area is 186 Å². The van der Waals surface area contributed by atoms with Gasteiger partial charge in [0, 0.05) is 22.0 Å². The molecule has 160 valence electrons. The predicted octanol–water partition coefficient (Wildman–Crippen LogP) is 3.60. The number of nitrogens with one attached hydrogen (secondary N) is 2. The second-order valence-corrected chi connectivity index (χ2v) is 8.58. The number of halogens is 3. The molecule has 3 rings (SSSR count). The molecule has 2 aromatic rings. The molecule has 0 radical (unpaired) electrons. The molecule has 3 atom stereocenters. The topological polar surface area (TPSA) is 70.6 Å². The van der Waals surface area contributed by atoms with Crippen molar-refractivity contribution >= 4 is 39.2 Å². The number of thiocarbonyl (C=S) groups is 1. The Balaban J connectivity index is 1.99. The average molecular weight is 499 g/mol. The number of aliphatic hydroxyl groups is 1. The third-order valence-corrected chi connectivity index (χ3v) is 5.89. The monoisotopic (exact) mass is 498 g/mol. The van der Waals surface area contributed by atoms with Gasteiger partial charge in [0.1, 0.15) is 11.4 Å². The molecule has 3 N–H and O–H groups in total. The van der Waals surface area contributed by atoms with Crippen molar-refractivity contribution in [3.63, 3.8) is 0 Å². The molecule has 1 aliphatic rings.